The molecule has 1 N–H and O–H groups in total. The van der Waals surface area contributed by atoms with Gasteiger partial charge in [0.1, 0.15) is 12.4 Å². The van der Waals surface area contributed by atoms with Gasteiger partial charge in [-0.2, -0.15) is 0 Å². The quantitative estimate of drug-likeness (QED) is 0.557. The Kier molecular flexibility index (Phi) is 5.32. The highest BCUT2D eigenvalue weighted by Gasteiger charge is 2.07. The molecule has 3 aromatic rings. The number of nitrogens with zero attached hydrogens (tertiary/aromatic N) is 1. The van der Waals surface area contributed by atoms with E-state index in [4.69, 9.17) is 4.74 Å². The van der Waals surface area contributed by atoms with Crippen molar-refractivity contribution in [2.24, 2.45) is 0 Å². The molecule has 0 spiro atoms. The van der Waals surface area contributed by atoms with Crippen LogP contribution in [0.25, 0.3) is 11.1 Å². The lowest BCUT2D eigenvalue weighted by atomic mass is 10.1. The highest BCUT2D eigenvalue weighted by Crippen LogP contribution is 2.17. The van der Waals surface area contributed by atoms with Crippen LogP contribution in [0.4, 0.5) is 0 Å². The van der Waals surface area contributed by atoms with E-state index in [1.54, 1.807) is 12.3 Å². The van der Waals surface area contributed by atoms with Crippen LogP contribution < -0.4 is 5.32 Å². The lowest BCUT2D eigenvalue weighted by Crippen LogP contribution is -2.26. The normalized spacial score (nSPS) is 10.3. The SMILES string of the molecule is O=C(NCOCc1ccccc1)c1ccc(-c2ccccc2)cn1. The molecule has 24 heavy (non-hydrogen) atoms. The Bertz CT molecular complexity index is 772. The van der Waals surface area contributed by atoms with Crippen LogP contribution in [0.2, 0.25) is 0 Å². The fourth-order valence-corrected chi connectivity index (χ4v) is 2.28. The monoisotopic (exact) mass is 318 g/mol. The van der Waals surface area contributed by atoms with E-state index in [2.05, 4.69) is 10.3 Å². The molecule has 0 bridgehead atoms. The number of amides is 1. The molecule has 0 radical (unpaired) electrons. The summed E-state index contributed by atoms with van der Waals surface area (Å²) in [6.45, 7) is 0.608. The van der Waals surface area contributed by atoms with Crippen molar-refractivity contribution in [1.29, 1.82) is 0 Å². The summed E-state index contributed by atoms with van der Waals surface area (Å²) in [4.78, 5) is 16.3. The molecule has 0 aliphatic heterocycles. The van der Waals surface area contributed by atoms with E-state index in [0.717, 1.165) is 16.7 Å². The second-order valence-corrected chi connectivity index (χ2v) is 5.28. The summed E-state index contributed by atoms with van der Waals surface area (Å²) in [6, 6.07) is 23.4. The van der Waals surface area contributed by atoms with E-state index in [1.165, 1.54) is 0 Å². The van der Waals surface area contributed by atoms with Crippen LogP contribution in [0.1, 0.15) is 16.1 Å². The Morgan fingerprint density at radius 1 is 0.875 bits per heavy atom. The summed E-state index contributed by atoms with van der Waals surface area (Å²) >= 11 is 0. The molecule has 0 saturated heterocycles. The Morgan fingerprint density at radius 2 is 1.58 bits per heavy atom. The molecule has 0 unspecified atom stereocenters. The third kappa shape index (κ3) is 4.27. The minimum absolute atomic E-state index is 0.149. The van der Waals surface area contributed by atoms with Crippen molar-refractivity contribution in [3.05, 3.63) is 90.3 Å². The number of carbonyl (C=O) groups is 1. The van der Waals surface area contributed by atoms with Crippen LogP contribution >= 0.6 is 0 Å². The Balaban J connectivity index is 1.50. The molecule has 0 fully saturated rings. The number of nitrogens with one attached hydrogen (secondary N) is 1. The molecule has 120 valence electrons. The maximum atomic E-state index is 12.1. The fourth-order valence-electron chi connectivity index (χ4n) is 2.28. The third-order valence-corrected chi connectivity index (χ3v) is 3.55. The van der Waals surface area contributed by atoms with E-state index in [0.29, 0.717) is 12.3 Å². The predicted molar refractivity (Wildman–Crippen MR) is 93.2 cm³/mol. The van der Waals surface area contributed by atoms with Crippen molar-refractivity contribution < 1.29 is 9.53 Å². The molecular formula is C20H18N2O2. The molecule has 4 nitrogen and oxygen atoms in total. The van der Waals surface area contributed by atoms with Crippen molar-refractivity contribution in [3.63, 3.8) is 0 Å². The van der Waals surface area contributed by atoms with Gasteiger partial charge < -0.3 is 10.1 Å². The molecule has 0 saturated carbocycles. The summed E-state index contributed by atoms with van der Waals surface area (Å²) < 4.78 is 5.45. The van der Waals surface area contributed by atoms with E-state index < -0.39 is 0 Å². The first-order valence-electron chi connectivity index (χ1n) is 7.74. The Labute approximate surface area is 141 Å². The van der Waals surface area contributed by atoms with Gasteiger partial charge >= 0.3 is 0 Å². The van der Waals surface area contributed by atoms with Gasteiger partial charge in [-0.05, 0) is 17.2 Å². The molecule has 2 aromatic carbocycles. The summed E-state index contributed by atoms with van der Waals surface area (Å²) in [5.41, 5.74) is 3.49. The van der Waals surface area contributed by atoms with Gasteiger partial charge in [-0.3, -0.25) is 9.78 Å². The first-order valence-corrected chi connectivity index (χ1v) is 7.74. The predicted octanol–water partition coefficient (Wildman–Crippen LogP) is 3.65. The minimum atomic E-state index is -0.248. The van der Waals surface area contributed by atoms with Crippen molar-refractivity contribution >= 4 is 5.91 Å². The Hall–Kier alpha value is -2.98. The maximum absolute atomic E-state index is 12.1. The van der Waals surface area contributed by atoms with Gasteiger partial charge in [-0.1, -0.05) is 66.7 Å². The van der Waals surface area contributed by atoms with E-state index >= 15 is 0 Å². The lowest BCUT2D eigenvalue weighted by Gasteiger charge is -2.07. The van der Waals surface area contributed by atoms with E-state index in [1.807, 2.05) is 66.7 Å². The van der Waals surface area contributed by atoms with Gasteiger partial charge in [-0.15, -0.1) is 0 Å². The number of benzene rings is 2. The Morgan fingerprint density at radius 3 is 2.25 bits per heavy atom. The van der Waals surface area contributed by atoms with Crippen molar-refractivity contribution in [2.75, 3.05) is 6.73 Å². The summed E-state index contributed by atoms with van der Waals surface area (Å²) in [5.74, 6) is -0.248. The molecule has 0 aliphatic carbocycles. The zero-order valence-electron chi connectivity index (χ0n) is 13.2. The topological polar surface area (TPSA) is 51.2 Å². The van der Waals surface area contributed by atoms with Gasteiger partial charge in [0.2, 0.25) is 0 Å². The zero-order chi connectivity index (χ0) is 16.6. The number of rotatable bonds is 6. The molecule has 1 aromatic heterocycles. The minimum Gasteiger partial charge on any atom is -0.357 e. The van der Waals surface area contributed by atoms with Gasteiger partial charge in [0.15, 0.2) is 0 Å². The second kappa shape index (κ2) is 8.04. The summed E-state index contributed by atoms with van der Waals surface area (Å²) in [6.07, 6.45) is 1.70. The van der Waals surface area contributed by atoms with Crippen LogP contribution in [0, 0.1) is 0 Å². The third-order valence-electron chi connectivity index (χ3n) is 3.55. The largest absolute Gasteiger partial charge is 0.357 e. The van der Waals surface area contributed by atoms with Crippen molar-refractivity contribution in [2.45, 2.75) is 6.61 Å². The summed E-state index contributed by atoms with van der Waals surface area (Å²) in [7, 11) is 0. The first-order chi connectivity index (χ1) is 11.8. The molecule has 4 heteroatoms. The van der Waals surface area contributed by atoms with E-state index in [9.17, 15) is 4.79 Å². The zero-order valence-corrected chi connectivity index (χ0v) is 13.2. The van der Waals surface area contributed by atoms with Crippen LogP contribution in [0.3, 0.4) is 0 Å². The molecule has 0 aliphatic rings. The average molecular weight is 318 g/mol. The molecular weight excluding hydrogens is 300 g/mol. The van der Waals surface area contributed by atoms with Gasteiger partial charge in [0, 0.05) is 11.8 Å². The number of hydrogen-bond donors (Lipinski definition) is 1. The number of carbonyl (C=O) groups excluding carboxylic acids is 1. The average Bonchev–Trinajstić information content (AvgIpc) is 2.67. The number of pyridine rings is 1. The van der Waals surface area contributed by atoms with Crippen LogP contribution in [0.5, 0.6) is 0 Å². The van der Waals surface area contributed by atoms with Gasteiger partial charge in [0.05, 0.1) is 6.61 Å². The van der Waals surface area contributed by atoms with Crippen LogP contribution in [0.15, 0.2) is 79.0 Å². The molecule has 0 atom stereocenters. The number of ether oxygens (including phenoxy) is 1. The number of aromatic nitrogens is 1. The van der Waals surface area contributed by atoms with Crippen molar-refractivity contribution in [1.82, 2.24) is 10.3 Å². The summed E-state index contributed by atoms with van der Waals surface area (Å²) in [5, 5.41) is 2.70. The standard InChI is InChI=1S/C20H18N2O2/c23-20(22-15-24-14-16-7-3-1-4-8-16)19-12-11-18(13-21-19)17-9-5-2-6-10-17/h1-13H,14-15H2,(H,22,23). The van der Waals surface area contributed by atoms with Crippen molar-refractivity contribution in [3.8, 4) is 11.1 Å². The van der Waals surface area contributed by atoms with Gasteiger partial charge in [0.25, 0.3) is 5.91 Å². The molecule has 1 heterocycles. The number of hydrogen-bond acceptors (Lipinski definition) is 3. The first kappa shape index (κ1) is 15.9. The fraction of sp³-hybridized carbons (Fsp3) is 0.100. The van der Waals surface area contributed by atoms with Crippen LogP contribution in [-0.4, -0.2) is 17.6 Å². The highest BCUT2D eigenvalue weighted by molar-refractivity contribution is 5.92. The second-order valence-electron chi connectivity index (χ2n) is 5.28. The highest BCUT2D eigenvalue weighted by atomic mass is 16.5. The van der Waals surface area contributed by atoms with Crippen LogP contribution in [-0.2, 0) is 11.3 Å². The smallest absolute Gasteiger partial charge is 0.271 e. The lowest BCUT2D eigenvalue weighted by molar-refractivity contribution is 0.0747. The van der Waals surface area contributed by atoms with E-state index in [-0.39, 0.29) is 12.6 Å². The molecule has 3 rings (SSSR count). The molecule has 1 amide bonds. The van der Waals surface area contributed by atoms with Gasteiger partial charge in [-0.25, -0.2) is 0 Å². The maximum Gasteiger partial charge on any atom is 0.271 e.